The summed E-state index contributed by atoms with van der Waals surface area (Å²) < 4.78 is 0. The fraction of sp³-hybridized carbons (Fsp3) is 0.600. The molecule has 0 aliphatic heterocycles. The van der Waals surface area contributed by atoms with Crippen LogP contribution < -0.4 is 33.2 Å². The van der Waals surface area contributed by atoms with Crippen molar-refractivity contribution < 1.29 is 19.2 Å². The van der Waals surface area contributed by atoms with Crippen molar-refractivity contribution >= 4 is 23.8 Å². The highest BCUT2D eigenvalue weighted by Crippen LogP contribution is 1.96. The Morgan fingerprint density at radius 1 is 1.00 bits per heavy atom. The molecule has 0 aliphatic carbocycles. The van der Waals surface area contributed by atoms with Gasteiger partial charge in [-0.3, -0.25) is 14.4 Å². The van der Waals surface area contributed by atoms with Crippen molar-refractivity contribution in [2.24, 2.45) is 17.2 Å². The van der Waals surface area contributed by atoms with E-state index in [1.807, 2.05) is 0 Å². The molecule has 0 heterocycles. The van der Waals surface area contributed by atoms with E-state index in [2.05, 4.69) is 16.0 Å². The lowest BCUT2D eigenvalue weighted by Crippen LogP contribution is -2.51. The Morgan fingerprint density at radius 2 is 1.65 bits per heavy atom. The molecule has 20 heavy (non-hydrogen) atoms. The Morgan fingerprint density at radius 3 is 2.15 bits per heavy atom. The summed E-state index contributed by atoms with van der Waals surface area (Å²) in [6.07, 6.45) is 0.793. The molecule has 0 bridgehead atoms. The fourth-order valence-electron chi connectivity index (χ4n) is 1.30. The number of hydrogen-bond donors (Lipinski definition) is 6. The molecule has 5 amide bonds. The van der Waals surface area contributed by atoms with Crippen molar-refractivity contribution in [3.8, 4) is 0 Å². The molecule has 0 saturated carbocycles. The van der Waals surface area contributed by atoms with Gasteiger partial charge >= 0.3 is 6.03 Å². The number of primary amides is 2. The van der Waals surface area contributed by atoms with E-state index < -0.39 is 29.8 Å². The maximum Gasteiger partial charge on any atom is 0.312 e. The van der Waals surface area contributed by atoms with E-state index in [9.17, 15) is 19.2 Å². The lowest BCUT2D eigenvalue weighted by Gasteiger charge is -2.17. The van der Waals surface area contributed by atoms with E-state index in [1.165, 1.54) is 0 Å². The zero-order valence-electron chi connectivity index (χ0n) is 11.0. The van der Waals surface area contributed by atoms with Gasteiger partial charge in [0.1, 0.15) is 6.04 Å². The molecular formula is C10H20N6O4. The van der Waals surface area contributed by atoms with E-state index in [0.717, 1.165) is 0 Å². The van der Waals surface area contributed by atoms with Crippen LogP contribution >= 0.6 is 0 Å². The van der Waals surface area contributed by atoms with Gasteiger partial charge in [-0.05, 0) is 19.4 Å². The van der Waals surface area contributed by atoms with Crippen LogP contribution in [0.5, 0.6) is 0 Å². The summed E-state index contributed by atoms with van der Waals surface area (Å²) in [7, 11) is 0. The van der Waals surface area contributed by atoms with Gasteiger partial charge < -0.3 is 33.2 Å². The predicted octanol–water partition coefficient (Wildman–Crippen LogP) is -3.52. The van der Waals surface area contributed by atoms with Crippen LogP contribution in [-0.4, -0.2) is 49.4 Å². The number of carbonyl (C=O) groups excluding carboxylic acids is 4. The van der Waals surface area contributed by atoms with Gasteiger partial charge in [-0.15, -0.1) is 0 Å². The summed E-state index contributed by atoms with van der Waals surface area (Å²) in [5, 5.41) is 6.77. The first kappa shape index (κ1) is 17.6. The average Bonchev–Trinajstić information content (AvgIpc) is 2.38. The minimum absolute atomic E-state index is 0.295. The minimum atomic E-state index is -0.861. The summed E-state index contributed by atoms with van der Waals surface area (Å²) >= 11 is 0. The highest BCUT2D eigenvalue weighted by atomic mass is 16.2. The number of rotatable bonds is 9. The van der Waals surface area contributed by atoms with E-state index in [4.69, 9.17) is 17.2 Å². The zero-order valence-corrected chi connectivity index (χ0v) is 11.0. The molecule has 0 rings (SSSR count). The summed E-state index contributed by atoms with van der Waals surface area (Å²) in [6.45, 7) is -0.333. The van der Waals surface area contributed by atoms with Crippen molar-refractivity contribution in [2.75, 3.05) is 19.6 Å². The molecule has 114 valence electrons. The first-order valence-corrected chi connectivity index (χ1v) is 5.95. The van der Waals surface area contributed by atoms with Crippen molar-refractivity contribution in [1.29, 1.82) is 0 Å². The number of carbonyl (C=O) groups is 4. The maximum atomic E-state index is 11.7. The highest BCUT2D eigenvalue weighted by molar-refractivity contribution is 5.91. The fourth-order valence-corrected chi connectivity index (χ4v) is 1.30. The standard InChI is InChI=1S/C10H20N6O4/c11-3-1-2-6(9(19)14-4-7(12)17)16-8(18)5-15-10(13)20/h6H,1-5,11H2,(H2,12,17)(H,14,19)(H,16,18)(H3,13,15,20). The monoisotopic (exact) mass is 288 g/mol. The van der Waals surface area contributed by atoms with Gasteiger partial charge in [-0.2, -0.15) is 0 Å². The Labute approximate surface area is 115 Å². The van der Waals surface area contributed by atoms with E-state index in [1.54, 1.807) is 0 Å². The molecule has 0 fully saturated rings. The second kappa shape index (κ2) is 9.55. The van der Waals surface area contributed by atoms with Crippen LogP contribution in [0, 0.1) is 0 Å². The number of nitrogens with two attached hydrogens (primary N) is 3. The van der Waals surface area contributed by atoms with Crippen molar-refractivity contribution in [3.05, 3.63) is 0 Å². The van der Waals surface area contributed by atoms with Crippen LogP contribution in [0.4, 0.5) is 4.79 Å². The maximum absolute atomic E-state index is 11.7. The second-order valence-electron chi connectivity index (χ2n) is 3.95. The van der Waals surface area contributed by atoms with Gasteiger partial charge in [0.2, 0.25) is 17.7 Å². The Bertz CT molecular complexity index is 373. The quantitative estimate of drug-likeness (QED) is 0.256. The smallest absolute Gasteiger partial charge is 0.312 e. The Kier molecular flexibility index (Phi) is 8.43. The van der Waals surface area contributed by atoms with Crippen molar-refractivity contribution in [3.63, 3.8) is 0 Å². The molecule has 1 unspecified atom stereocenters. The lowest BCUT2D eigenvalue weighted by molar-refractivity contribution is -0.129. The lowest BCUT2D eigenvalue weighted by atomic mass is 10.1. The molecule has 0 aromatic rings. The Hall–Kier alpha value is -2.36. The molecule has 0 aromatic carbocycles. The first-order valence-electron chi connectivity index (χ1n) is 5.95. The summed E-state index contributed by atoms with van der Waals surface area (Å²) in [5.41, 5.74) is 15.1. The normalized spacial score (nSPS) is 11.2. The SMILES string of the molecule is NCCCC(NC(=O)CNC(N)=O)C(=O)NCC(N)=O. The molecule has 9 N–H and O–H groups in total. The van der Waals surface area contributed by atoms with Gasteiger partial charge in [0.25, 0.3) is 0 Å². The molecule has 1 atom stereocenters. The molecule has 0 aromatic heterocycles. The van der Waals surface area contributed by atoms with Gasteiger partial charge in [-0.1, -0.05) is 0 Å². The number of hydrogen-bond acceptors (Lipinski definition) is 5. The van der Waals surface area contributed by atoms with Gasteiger partial charge in [0.15, 0.2) is 0 Å². The number of nitrogens with one attached hydrogen (secondary N) is 3. The molecule has 0 spiro atoms. The third kappa shape index (κ3) is 8.69. The van der Waals surface area contributed by atoms with Crippen LogP contribution in [0.1, 0.15) is 12.8 Å². The van der Waals surface area contributed by atoms with Gasteiger partial charge in [0, 0.05) is 0 Å². The summed E-state index contributed by atoms with van der Waals surface area (Å²) in [5.74, 6) is -1.83. The van der Waals surface area contributed by atoms with E-state index >= 15 is 0 Å². The zero-order chi connectivity index (χ0) is 15.5. The van der Waals surface area contributed by atoms with E-state index in [0.29, 0.717) is 19.4 Å². The second-order valence-corrected chi connectivity index (χ2v) is 3.95. The average molecular weight is 288 g/mol. The third-order valence-corrected chi connectivity index (χ3v) is 2.21. The molecule has 10 nitrogen and oxygen atoms in total. The third-order valence-electron chi connectivity index (χ3n) is 2.21. The van der Waals surface area contributed by atoms with Crippen LogP contribution in [0.3, 0.4) is 0 Å². The molecule has 0 radical (unpaired) electrons. The molecule has 0 saturated heterocycles. The molecule has 0 aliphatic rings. The largest absolute Gasteiger partial charge is 0.368 e. The number of urea groups is 1. The van der Waals surface area contributed by atoms with Crippen LogP contribution in [0.25, 0.3) is 0 Å². The Balaban J connectivity index is 4.38. The summed E-state index contributed by atoms with van der Waals surface area (Å²) in [6, 6.07) is -1.71. The molecule has 10 heteroatoms. The first-order chi connectivity index (χ1) is 9.36. The molecular weight excluding hydrogens is 268 g/mol. The highest BCUT2D eigenvalue weighted by Gasteiger charge is 2.20. The van der Waals surface area contributed by atoms with Crippen LogP contribution in [0.2, 0.25) is 0 Å². The van der Waals surface area contributed by atoms with Crippen LogP contribution in [-0.2, 0) is 14.4 Å². The summed E-state index contributed by atoms with van der Waals surface area (Å²) in [4.78, 5) is 44.3. The van der Waals surface area contributed by atoms with E-state index in [-0.39, 0.29) is 13.1 Å². The van der Waals surface area contributed by atoms with Crippen molar-refractivity contribution in [1.82, 2.24) is 16.0 Å². The van der Waals surface area contributed by atoms with Gasteiger partial charge in [0.05, 0.1) is 13.1 Å². The number of amides is 5. The van der Waals surface area contributed by atoms with Crippen molar-refractivity contribution in [2.45, 2.75) is 18.9 Å². The predicted molar refractivity (Wildman–Crippen MR) is 70.0 cm³/mol. The minimum Gasteiger partial charge on any atom is -0.368 e. The van der Waals surface area contributed by atoms with Crippen LogP contribution in [0.15, 0.2) is 0 Å². The topological polar surface area (TPSA) is 182 Å². The van der Waals surface area contributed by atoms with Gasteiger partial charge in [-0.25, -0.2) is 4.79 Å².